The van der Waals surface area contributed by atoms with Crippen LogP contribution in [0.15, 0.2) is 60.0 Å². The first-order valence-corrected chi connectivity index (χ1v) is 10.1. The molecule has 0 atom stereocenters. The molecule has 9 nitrogen and oxygen atoms in total. The number of pyridine rings is 1. The van der Waals surface area contributed by atoms with Crippen molar-refractivity contribution in [1.29, 1.82) is 0 Å². The van der Waals surface area contributed by atoms with E-state index in [9.17, 15) is 9.18 Å². The van der Waals surface area contributed by atoms with Crippen LogP contribution in [0.4, 0.5) is 10.1 Å². The van der Waals surface area contributed by atoms with Crippen LogP contribution >= 0.6 is 0 Å². The molecular formula is C22H24FN7O2. The van der Waals surface area contributed by atoms with E-state index in [0.717, 1.165) is 11.3 Å². The predicted octanol–water partition coefficient (Wildman–Crippen LogP) is 2.17. The molecule has 1 saturated heterocycles. The highest BCUT2D eigenvalue weighted by Gasteiger charge is 2.27. The van der Waals surface area contributed by atoms with Gasteiger partial charge < -0.3 is 19.9 Å². The van der Waals surface area contributed by atoms with Crippen LogP contribution in [0.3, 0.4) is 0 Å². The van der Waals surface area contributed by atoms with Gasteiger partial charge in [-0.2, -0.15) is 5.10 Å². The van der Waals surface area contributed by atoms with Crippen LogP contribution in [0.5, 0.6) is 11.6 Å². The topological polar surface area (TPSA) is 87.9 Å². The monoisotopic (exact) mass is 437 g/mol. The molecule has 0 saturated carbocycles. The SMILES string of the molecule is CN=C(NCc1ccc(Oc2ccc(F)cc2)nc1)N1CCN(c2cnn(C)c2)C(=O)C1. The van der Waals surface area contributed by atoms with Gasteiger partial charge in [0, 0.05) is 52.2 Å². The smallest absolute Gasteiger partial charge is 0.246 e. The number of aliphatic imine (C=N–C) groups is 1. The summed E-state index contributed by atoms with van der Waals surface area (Å²) in [6, 6.07) is 9.40. The number of halogens is 1. The van der Waals surface area contributed by atoms with E-state index in [1.54, 1.807) is 47.2 Å². The number of aryl methyl sites for hydroxylation is 1. The number of hydrogen-bond acceptors (Lipinski definition) is 5. The Labute approximate surface area is 185 Å². The maximum Gasteiger partial charge on any atom is 0.246 e. The molecule has 1 aromatic carbocycles. The molecule has 0 bridgehead atoms. The Bertz CT molecular complexity index is 1100. The summed E-state index contributed by atoms with van der Waals surface area (Å²) in [6.07, 6.45) is 5.22. The fourth-order valence-corrected chi connectivity index (χ4v) is 3.39. The van der Waals surface area contributed by atoms with Gasteiger partial charge in [-0.05, 0) is 29.8 Å². The summed E-state index contributed by atoms with van der Waals surface area (Å²) < 4.78 is 20.3. The molecule has 0 radical (unpaired) electrons. The molecule has 3 heterocycles. The third-order valence-electron chi connectivity index (χ3n) is 5.02. The molecule has 166 valence electrons. The van der Waals surface area contributed by atoms with Crippen LogP contribution in [0.2, 0.25) is 0 Å². The number of piperazine rings is 1. The van der Waals surface area contributed by atoms with Crippen molar-refractivity contribution in [2.45, 2.75) is 6.54 Å². The molecule has 4 rings (SSSR count). The largest absolute Gasteiger partial charge is 0.439 e. The number of carbonyl (C=O) groups is 1. The van der Waals surface area contributed by atoms with Gasteiger partial charge in [0.15, 0.2) is 5.96 Å². The average molecular weight is 437 g/mol. The van der Waals surface area contributed by atoms with Gasteiger partial charge >= 0.3 is 0 Å². The van der Waals surface area contributed by atoms with Gasteiger partial charge in [0.2, 0.25) is 11.8 Å². The third kappa shape index (κ3) is 5.02. The minimum atomic E-state index is -0.319. The van der Waals surface area contributed by atoms with Crippen LogP contribution in [0, 0.1) is 5.82 Å². The van der Waals surface area contributed by atoms with Crippen LogP contribution in [-0.4, -0.2) is 58.2 Å². The fourth-order valence-electron chi connectivity index (χ4n) is 3.39. The highest BCUT2D eigenvalue weighted by atomic mass is 19.1. The fraction of sp³-hybridized carbons (Fsp3) is 0.273. The van der Waals surface area contributed by atoms with Gasteiger partial charge in [0.25, 0.3) is 0 Å². The van der Waals surface area contributed by atoms with Crippen LogP contribution < -0.4 is 15.0 Å². The quantitative estimate of drug-likeness (QED) is 0.486. The van der Waals surface area contributed by atoms with Gasteiger partial charge in [0.05, 0.1) is 11.9 Å². The number of anilines is 1. The lowest BCUT2D eigenvalue weighted by Crippen LogP contribution is -2.55. The molecule has 0 aliphatic carbocycles. The normalized spacial score (nSPS) is 14.6. The van der Waals surface area contributed by atoms with E-state index in [0.29, 0.717) is 37.2 Å². The highest BCUT2D eigenvalue weighted by Crippen LogP contribution is 2.20. The maximum absolute atomic E-state index is 13.0. The first-order valence-electron chi connectivity index (χ1n) is 10.1. The number of amides is 1. The Morgan fingerprint density at radius 3 is 2.62 bits per heavy atom. The molecule has 32 heavy (non-hydrogen) atoms. The van der Waals surface area contributed by atoms with Crippen molar-refractivity contribution in [1.82, 2.24) is 25.0 Å². The lowest BCUT2D eigenvalue weighted by Gasteiger charge is -2.35. The van der Waals surface area contributed by atoms with Gasteiger partial charge in [-0.15, -0.1) is 0 Å². The summed E-state index contributed by atoms with van der Waals surface area (Å²) in [7, 11) is 3.52. The van der Waals surface area contributed by atoms with Crippen molar-refractivity contribution >= 4 is 17.6 Å². The molecule has 1 fully saturated rings. The zero-order valence-corrected chi connectivity index (χ0v) is 17.9. The molecule has 10 heteroatoms. The number of rotatable bonds is 5. The van der Waals surface area contributed by atoms with Crippen LogP contribution in [0.25, 0.3) is 0 Å². The first kappa shape index (κ1) is 21.3. The number of guanidine groups is 1. The molecule has 0 unspecified atom stereocenters. The molecule has 0 spiro atoms. The van der Waals surface area contributed by atoms with E-state index in [2.05, 4.69) is 20.4 Å². The number of nitrogens with one attached hydrogen (secondary N) is 1. The average Bonchev–Trinajstić information content (AvgIpc) is 3.23. The first-order chi connectivity index (χ1) is 15.5. The Kier molecular flexibility index (Phi) is 6.29. The number of ether oxygens (including phenoxy) is 1. The Hall–Kier alpha value is -3.95. The van der Waals surface area contributed by atoms with Crippen LogP contribution in [0.1, 0.15) is 5.56 Å². The molecule has 1 aliphatic heterocycles. The Balaban J connectivity index is 1.30. The van der Waals surface area contributed by atoms with Crippen molar-refractivity contribution in [2.75, 3.05) is 31.6 Å². The lowest BCUT2D eigenvalue weighted by molar-refractivity contribution is -0.120. The second kappa shape index (κ2) is 9.46. The molecule has 1 amide bonds. The summed E-state index contributed by atoms with van der Waals surface area (Å²) in [5.41, 5.74) is 1.73. The summed E-state index contributed by atoms with van der Waals surface area (Å²) in [5, 5.41) is 7.41. The van der Waals surface area contributed by atoms with E-state index in [1.807, 2.05) is 24.2 Å². The maximum atomic E-state index is 13.0. The van der Waals surface area contributed by atoms with Gasteiger partial charge in [-0.1, -0.05) is 6.07 Å². The molecular weight excluding hydrogens is 413 g/mol. The molecule has 2 aromatic heterocycles. The number of hydrogen-bond donors (Lipinski definition) is 1. The Morgan fingerprint density at radius 1 is 1.19 bits per heavy atom. The molecule has 1 aliphatic rings. The van der Waals surface area contributed by atoms with Crippen molar-refractivity contribution in [3.8, 4) is 11.6 Å². The van der Waals surface area contributed by atoms with E-state index in [4.69, 9.17) is 4.74 Å². The van der Waals surface area contributed by atoms with Crippen molar-refractivity contribution in [3.63, 3.8) is 0 Å². The summed E-state index contributed by atoms with van der Waals surface area (Å²) >= 11 is 0. The highest BCUT2D eigenvalue weighted by molar-refractivity contribution is 5.98. The zero-order chi connectivity index (χ0) is 22.5. The zero-order valence-electron chi connectivity index (χ0n) is 17.9. The molecule has 1 N–H and O–H groups in total. The number of benzene rings is 1. The second-order valence-electron chi connectivity index (χ2n) is 7.30. The third-order valence-corrected chi connectivity index (χ3v) is 5.02. The number of carbonyl (C=O) groups excluding carboxylic acids is 1. The Morgan fingerprint density at radius 2 is 2.00 bits per heavy atom. The molecule has 3 aromatic rings. The number of aromatic nitrogens is 3. The van der Waals surface area contributed by atoms with Gasteiger partial charge in [-0.25, -0.2) is 9.37 Å². The summed E-state index contributed by atoms with van der Waals surface area (Å²) in [4.78, 5) is 24.9. The van der Waals surface area contributed by atoms with Crippen molar-refractivity contribution in [2.24, 2.45) is 12.0 Å². The van der Waals surface area contributed by atoms with E-state index in [1.165, 1.54) is 12.1 Å². The minimum absolute atomic E-state index is 0.00355. The van der Waals surface area contributed by atoms with E-state index < -0.39 is 0 Å². The van der Waals surface area contributed by atoms with Crippen molar-refractivity contribution in [3.05, 3.63) is 66.4 Å². The van der Waals surface area contributed by atoms with E-state index >= 15 is 0 Å². The summed E-state index contributed by atoms with van der Waals surface area (Å²) in [6.45, 7) is 1.94. The van der Waals surface area contributed by atoms with Crippen LogP contribution in [-0.2, 0) is 18.4 Å². The minimum Gasteiger partial charge on any atom is -0.439 e. The van der Waals surface area contributed by atoms with Crippen molar-refractivity contribution < 1.29 is 13.9 Å². The van der Waals surface area contributed by atoms with Gasteiger partial charge in [-0.3, -0.25) is 14.5 Å². The second-order valence-corrected chi connectivity index (χ2v) is 7.30. The lowest BCUT2D eigenvalue weighted by atomic mass is 10.2. The number of nitrogens with zero attached hydrogens (tertiary/aromatic N) is 6. The standard InChI is InChI=1S/C22H24FN7O2/c1-24-22(29-9-10-30(21(31)15-29)18-13-27-28(2)14-18)26-12-16-3-8-20(25-11-16)32-19-6-4-17(23)5-7-19/h3-8,11,13-14H,9-10,12,15H2,1-2H3,(H,24,26). The van der Waals surface area contributed by atoms with Gasteiger partial charge in [0.1, 0.15) is 18.1 Å². The predicted molar refractivity (Wildman–Crippen MR) is 118 cm³/mol. The summed E-state index contributed by atoms with van der Waals surface area (Å²) in [5.74, 6) is 1.26. The van der Waals surface area contributed by atoms with E-state index in [-0.39, 0.29) is 18.3 Å².